The van der Waals surface area contributed by atoms with Gasteiger partial charge in [-0.05, 0) is 79.6 Å². The number of esters is 1. The highest BCUT2D eigenvalue weighted by Crippen LogP contribution is 2.26. The first-order chi connectivity index (χ1) is 22.3. The lowest BCUT2D eigenvalue weighted by Gasteiger charge is -2.11. The van der Waals surface area contributed by atoms with E-state index in [0.29, 0.717) is 0 Å². The average Bonchev–Trinajstić information content (AvgIpc) is 3.52. The van der Waals surface area contributed by atoms with Gasteiger partial charge in [0.15, 0.2) is 5.71 Å². The first-order valence-electron chi connectivity index (χ1n) is 13.4. The van der Waals surface area contributed by atoms with Crippen LogP contribution in [0, 0.1) is 0 Å². The summed E-state index contributed by atoms with van der Waals surface area (Å²) in [6, 6.07) is 9.27. The van der Waals surface area contributed by atoms with E-state index in [9.17, 15) is 40.3 Å². The van der Waals surface area contributed by atoms with Crippen molar-refractivity contribution in [3.8, 4) is 11.6 Å². The fourth-order valence-corrected chi connectivity index (χ4v) is 4.87. The van der Waals surface area contributed by atoms with E-state index in [0.717, 1.165) is 34.0 Å². The molecule has 0 spiro atoms. The molecular weight excluding hydrogens is 664 g/mol. The minimum atomic E-state index is -4.48. The van der Waals surface area contributed by atoms with Crippen molar-refractivity contribution >= 4 is 49.6 Å². The Kier molecular flexibility index (Phi) is 10.7. The molecule has 0 atom stereocenters. The van der Waals surface area contributed by atoms with E-state index < -0.39 is 42.6 Å². The number of ether oxygens (including phenoxy) is 1. The zero-order valence-corrected chi connectivity index (χ0v) is 26.1. The summed E-state index contributed by atoms with van der Waals surface area (Å²) in [5.74, 6) is -1.82. The average molecular weight is 691 g/mol. The molecule has 47 heavy (non-hydrogen) atoms. The van der Waals surface area contributed by atoms with Gasteiger partial charge in [-0.15, -0.1) is 0 Å². The van der Waals surface area contributed by atoms with Gasteiger partial charge >= 0.3 is 5.97 Å². The van der Waals surface area contributed by atoms with Crippen molar-refractivity contribution in [2.24, 2.45) is 5.10 Å². The maximum atomic E-state index is 13.2. The third-order valence-electron chi connectivity index (χ3n) is 6.04. The second kappa shape index (κ2) is 14.5. The Hall–Kier alpha value is -5.18. The van der Waals surface area contributed by atoms with Crippen LogP contribution in [0.25, 0.3) is 11.8 Å². The van der Waals surface area contributed by atoms with Gasteiger partial charge in [-0.25, -0.2) is 9.48 Å². The summed E-state index contributed by atoms with van der Waals surface area (Å²) < 4.78 is 69.9. The van der Waals surface area contributed by atoms with Crippen LogP contribution >= 0.6 is 0 Å². The number of H-pyrrole nitrogens is 1. The Balaban J connectivity index is 1.62. The Morgan fingerprint density at radius 2 is 1.47 bits per heavy atom. The molecule has 1 amide bonds. The molecule has 248 valence electrons. The molecule has 1 aliphatic heterocycles. The Labute approximate surface area is 267 Å². The van der Waals surface area contributed by atoms with E-state index in [2.05, 4.69) is 15.2 Å². The Morgan fingerprint density at radius 1 is 0.872 bits per heavy atom. The summed E-state index contributed by atoms with van der Waals surface area (Å²) in [5.41, 5.74) is -0.895. The van der Waals surface area contributed by atoms with Crippen LogP contribution in [-0.2, 0) is 44.5 Å². The molecule has 0 fully saturated rings. The number of benzene rings is 2. The SMILES string of the molecule is CCOOOc1[nH]n(-c2ccc(S(=O)(=O)O)cc2)c(=O)c1C=CC=C/C=C1\C(=O)N(c2ccc(S(=O)(=O)O)cc2)N=C1C(=O)OCC. The number of carbonyl (C=O) groups is 2. The van der Waals surface area contributed by atoms with E-state index in [1.807, 2.05) is 0 Å². The Bertz CT molecular complexity index is 2060. The maximum absolute atomic E-state index is 13.2. The number of hydrogen-bond donors (Lipinski definition) is 3. The van der Waals surface area contributed by atoms with Crippen molar-refractivity contribution in [1.29, 1.82) is 0 Å². The van der Waals surface area contributed by atoms with Gasteiger partial charge in [-0.3, -0.25) is 28.7 Å². The van der Waals surface area contributed by atoms with Gasteiger partial charge in [-0.2, -0.15) is 31.8 Å². The molecular formula is C28H26N4O13S2. The van der Waals surface area contributed by atoms with Gasteiger partial charge in [0.25, 0.3) is 37.6 Å². The summed E-state index contributed by atoms with van der Waals surface area (Å²) in [6.07, 6.45) is 6.78. The third kappa shape index (κ3) is 8.16. The number of aromatic amines is 1. The molecule has 0 saturated carbocycles. The van der Waals surface area contributed by atoms with Crippen LogP contribution in [0.15, 0.2) is 98.1 Å². The topological polar surface area (TPSA) is 233 Å². The minimum absolute atomic E-state index is 0.00273. The van der Waals surface area contributed by atoms with E-state index in [4.69, 9.17) is 14.5 Å². The third-order valence-corrected chi connectivity index (χ3v) is 7.78. The number of rotatable bonds is 13. The van der Waals surface area contributed by atoms with Crippen molar-refractivity contribution in [2.75, 3.05) is 18.2 Å². The molecule has 3 aromatic rings. The number of hydrogen-bond acceptors (Lipinski definition) is 12. The molecule has 0 radical (unpaired) electrons. The molecule has 2 heterocycles. The van der Waals surface area contributed by atoms with Gasteiger partial charge in [0, 0.05) is 0 Å². The fraction of sp³-hybridized carbons (Fsp3) is 0.143. The molecule has 0 bridgehead atoms. The Morgan fingerprint density at radius 3 is 2.02 bits per heavy atom. The molecule has 1 aromatic heterocycles. The highest BCUT2D eigenvalue weighted by atomic mass is 32.2. The van der Waals surface area contributed by atoms with Crippen LogP contribution in [0.1, 0.15) is 19.4 Å². The minimum Gasteiger partial charge on any atom is -0.461 e. The van der Waals surface area contributed by atoms with E-state index >= 15 is 0 Å². The monoisotopic (exact) mass is 690 g/mol. The summed E-state index contributed by atoms with van der Waals surface area (Å²) in [4.78, 5) is 47.9. The number of aromatic nitrogens is 2. The van der Waals surface area contributed by atoms with Crippen LogP contribution in [0.3, 0.4) is 0 Å². The van der Waals surface area contributed by atoms with Crippen LogP contribution in [0.4, 0.5) is 5.69 Å². The standard InChI is InChI=1S/C28H26N4O13S2/c1-3-42-28(35)24-22(26(33)31(29-24)18-10-14-20(15-11-18)46(36,37)38)8-6-5-7-9-23-25(44-45-43-4-2)30-32(27(23)34)19-12-16-21(17-13-19)47(39,40)41/h5-17,30H,3-4H2,1-2H3,(H,36,37,38)(H,39,40,41)/b6-5?,9-7?,22-8-. The van der Waals surface area contributed by atoms with Gasteiger partial charge in [0.05, 0.1) is 40.0 Å². The normalized spacial score (nSPS) is 14.8. The molecule has 4 rings (SSSR count). The van der Waals surface area contributed by atoms with Crippen LogP contribution < -0.4 is 15.5 Å². The second-order valence-corrected chi connectivity index (χ2v) is 11.9. The molecule has 0 unspecified atom stereocenters. The number of nitrogens with zero attached hydrogens (tertiary/aromatic N) is 3. The van der Waals surface area contributed by atoms with E-state index in [1.165, 1.54) is 54.6 Å². The van der Waals surface area contributed by atoms with Gasteiger partial charge < -0.3 is 4.74 Å². The summed E-state index contributed by atoms with van der Waals surface area (Å²) in [7, 11) is -8.94. The molecule has 0 aliphatic carbocycles. The number of anilines is 1. The first-order valence-corrected chi connectivity index (χ1v) is 16.3. The first kappa shape index (κ1) is 34.7. The smallest absolute Gasteiger partial charge is 0.359 e. The molecule has 17 nitrogen and oxygen atoms in total. The van der Waals surface area contributed by atoms with Gasteiger partial charge in [0.2, 0.25) is 0 Å². The largest absolute Gasteiger partial charge is 0.461 e. The lowest BCUT2D eigenvalue weighted by Crippen LogP contribution is -2.22. The van der Waals surface area contributed by atoms with Crippen LogP contribution in [-0.4, -0.2) is 66.5 Å². The molecule has 3 N–H and O–H groups in total. The predicted octanol–water partition coefficient (Wildman–Crippen LogP) is 2.38. The maximum Gasteiger partial charge on any atom is 0.359 e. The van der Waals surface area contributed by atoms with Crippen molar-refractivity contribution < 1.29 is 55.1 Å². The van der Waals surface area contributed by atoms with E-state index in [1.54, 1.807) is 13.8 Å². The molecule has 0 saturated heterocycles. The highest BCUT2D eigenvalue weighted by molar-refractivity contribution is 7.86. The number of nitrogens with one attached hydrogen (secondary N) is 1. The quantitative estimate of drug-likeness (QED) is 0.0445. The summed E-state index contributed by atoms with van der Waals surface area (Å²) in [5, 5.41) is 12.2. The fourth-order valence-electron chi connectivity index (χ4n) is 3.91. The summed E-state index contributed by atoms with van der Waals surface area (Å²) in [6.45, 7) is 3.31. The second-order valence-electron chi connectivity index (χ2n) is 9.10. The van der Waals surface area contributed by atoms with Gasteiger partial charge in [0.1, 0.15) is 5.56 Å². The van der Waals surface area contributed by atoms with Crippen molar-refractivity contribution in [3.63, 3.8) is 0 Å². The summed E-state index contributed by atoms with van der Waals surface area (Å²) >= 11 is 0. The molecule has 2 aromatic carbocycles. The van der Waals surface area contributed by atoms with E-state index in [-0.39, 0.29) is 52.2 Å². The molecule has 1 aliphatic rings. The lowest BCUT2D eigenvalue weighted by atomic mass is 10.1. The zero-order chi connectivity index (χ0) is 34.4. The number of carbonyl (C=O) groups excluding carboxylic acids is 2. The number of allylic oxidation sites excluding steroid dienone is 4. The van der Waals surface area contributed by atoms with Crippen molar-refractivity contribution in [1.82, 2.24) is 9.78 Å². The predicted molar refractivity (Wildman–Crippen MR) is 164 cm³/mol. The molecule has 19 heteroatoms. The number of hydrazone groups is 1. The van der Waals surface area contributed by atoms with Crippen LogP contribution in [0.5, 0.6) is 5.88 Å². The zero-order valence-electron chi connectivity index (χ0n) is 24.5. The number of amides is 1. The highest BCUT2D eigenvalue weighted by Gasteiger charge is 2.35. The van der Waals surface area contributed by atoms with Gasteiger partial charge in [-0.1, -0.05) is 18.2 Å². The van der Waals surface area contributed by atoms with Crippen molar-refractivity contribution in [2.45, 2.75) is 23.6 Å². The lowest BCUT2D eigenvalue weighted by molar-refractivity contribution is -0.465. The van der Waals surface area contributed by atoms with Crippen molar-refractivity contribution in [3.05, 3.63) is 94.3 Å². The van der Waals surface area contributed by atoms with Crippen LogP contribution in [0.2, 0.25) is 0 Å².